The van der Waals surface area contributed by atoms with Crippen LogP contribution in [0.3, 0.4) is 0 Å². The number of nitrogens with zero attached hydrogens (tertiary/aromatic N) is 1. The van der Waals surface area contributed by atoms with Crippen LogP contribution in [0.15, 0.2) is 42.5 Å². The van der Waals surface area contributed by atoms with Crippen molar-refractivity contribution < 1.29 is 32.6 Å². The maximum atomic E-state index is 12.5. The largest absolute Gasteiger partial charge is 0.495 e. The first-order valence-electron chi connectivity index (χ1n) is 9.51. The highest BCUT2D eigenvalue weighted by Crippen LogP contribution is 2.30. The van der Waals surface area contributed by atoms with E-state index in [1.54, 1.807) is 19.1 Å². The predicted molar refractivity (Wildman–Crippen MR) is 118 cm³/mol. The minimum Gasteiger partial charge on any atom is -0.495 e. The first-order chi connectivity index (χ1) is 15.2. The monoisotopic (exact) mass is 468 g/mol. The summed E-state index contributed by atoms with van der Waals surface area (Å²) in [4.78, 5) is 25.9. The summed E-state index contributed by atoms with van der Waals surface area (Å²) in [6, 6.07) is 9.09. The van der Waals surface area contributed by atoms with Gasteiger partial charge >= 0.3 is 6.61 Å². The second kappa shape index (κ2) is 11.9. The minimum absolute atomic E-state index is 0.101. The molecule has 0 unspecified atom stereocenters. The molecule has 0 heterocycles. The lowest BCUT2D eigenvalue weighted by Crippen LogP contribution is -2.33. The van der Waals surface area contributed by atoms with Crippen molar-refractivity contribution >= 4 is 35.2 Å². The molecule has 0 saturated carbocycles. The molecule has 2 aromatic carbocycles. The maximum absolute atomic E-state index is 12.5. The number of anilines is 1. The number of hydrogen-bond acceptors (Lipinski definition) is 5. The van der Waals surface area contributed by atoms with E-state index in [0.717, 1.165) is 0 Å². The molecule has 0 saturated heterocycles. The number of methoxy groups -OCH3 is 1. The van der Waals surface area contributed by atoms with Gasteiger partial charge in [0.1, 0.15) is 5.75 Å². The molecule has 32 heavy (non-hydrogen) atoms. The van der Waals surface area contributed by atoms with Gasteiger partial charge in [-0.2, -0.15) is 8.78 Å². The number of amides is 2. The van der Waals surface area contributed by atoms with Gasteiger partial charge in [-0.05, 0) is 48.9 Å². The fraction of sp³-hybridized carbons (Fsp3) is 0.273. The minimum atomic E-state index is -2.98. The molecule has 2 amide bonds. The molecule has 172 valence electrons. The first kappa shape index (κ1) is 24.9. The van der Waals surface area contributed by atoms with E-state index in [1.165, 1.54) is 55.5 Å². The van der Waals surface area contributed by atoms with Crippen molar-refractivity contribution in [1.29, 1.82) is 0 Å². The van der Waals surface area contributed by atoms with Crippen LogP contribution < -0.4 is 19.5 Å². The van der Waals surface area contributed by atoms with Crippen molar-refractivity contribution in [3.8, 4) is 17.2 Å². The standard InChI is InChI=1S/C22H23ClF2N2O5/c1-4-31-19-11-14(5-8-18(19)32-22(24)25)6-10-21(29)27(2)13-20(28)26-16-12-15(23)7-9-17(16)30-3/h5-12,22H,4,13H2,1-3H3,(H,26,28)/b10-6+. The average molecular weight is 469 g/mol. The molecule has 0 spiro atoms. The van der Waals surface area contributed by atoms with Crippen LogP contribution in [0.4, 0.5) is 14.5 Å². The normalized spacial score (nSPS) is 10.8. The number of carbonyl (C=O) groups excluding carboxylic acids is 2. The van der Waals surface area contributed by atoms with Gasteiger partial charge < -0.3 is 24.4 Å². The summed E-state index contributed by atoms with van der Waals surface area (Å²) in [6.45, 7) is -1.24. The SMILES string of the molecule is CCOc1cc(/C=C/C(=O)N(C)CC(=O)Nc2cc(Cl)ccc2OC)ccc1OC(F)F. The van der Waals surface area contributed by atoms with Gasteiger partial charge in [-0.15, -0.1) is 0 Å². The third-order valence-electron chi connectivity index (χ3n) is 4.09. The number of ether oxygens (including phenoxy) is 3. The van der Waals surface area contributed by atoms with Gasteiger partial charge in [0.05, 0.1) is 25.9 Å². The Labute approximate surface area is 189 Å². The quantitative estimate of drug-likeness (QED) is 0.521. The number of nitrogens with one attached hydrogen (secondary N) is 1. The molecule has 0 aliphatic rings. The van der Waals surface area contributed by atoms with Gasteiger partial charge in [0.15, 0.2) is 11.5 Å². The molecule has 0 radical (unpaired) electrons. The van der Waals surface area contributed by atoms with E-state index in [1.807, 2.05) is 0 Å². The number of halogens is 3. The fourth-order valence-corrected chi connectivity index (χ4v) is 2.82. The summed E-state index contributed by atoms with van der Waals surface area (Å²) >= 11 is 5.94. The van der Waals surface area contributed by atoms with E-state index in [2.05, 4.69) is 10.1 Å². The summed E-state index contributed by atoms with van der Waals surface area (Å²) in [5.41, 5.74) is 0.917. The Morgan fingerprint density at radius 1 is 1.16 bits per heavy atom. The molecule has 0 aliphatic carbocycles. The summed E-state index contributed by atoms with van der Waals surface area (Å²) < 4.78 is 39.9. The van der Waals surface area contributed by atoms with Crippen LogP contribution in [-0.2, 0) is 9.59 Å². The van der Waals surface area contributed by atoms with Crippen LogP contribution in [0.1, 0.15) is 12.5 Å². The van der Waals surface area contributed by atoms with Gasteiger partial charge in [0, 0.05) is 18.1 Å². The van der Waals surface area contributed by atoms with Crippen molar-refractivity contribution in [2.45, 2.75) is 13.5 Å². The molecular formula is C22H23ClF2N2O5. The van der Waals surface area contributed by atoms with E-state index in [4.69, 9.17) is 21.1 Å². The van der Waals surface area contributed by atoms with Crippen molar-refractivity contribution in [2.24, 2.45) is 0 Å². The Hall–Kier alpha value is -3.33. The Morgan fingerprint density at radius 3 is 2.53 bits per heavy atom. The van der Waals surface area contributed by atoms with Crippen molar-refractivity contribution in [1.82, 2.24) is 4.90 Å². The van der Waals surface area contributed by atoms with Crippen LogP contribution in [0.25, 0.3) is 6.08 Å². The van der Waals surface area contributed by atoms with Crippen LogP contribution in [0.2, 0.25) is 5.02 Å². The molecule has 0 bridgehead atoms. The average Bonchev–Trinajstić information content (AvgIpc) is 2.73. The van der Waals surface area contributed by atoms with E-state index in [9.17, 15) is 18.4 Å². The van der Waals surface area contributed by atoms with Gasteiger partial charge in [-0.25, -0.2) is 0 Å². The number of benzene rings is 2. The molecule has 0 aliphatic heterocycles. The second-order valence-electron chi connectivity index (χ2n) is 6.44. The first-order valence-corrected chi connectivity index (χ1v) is 9.89. The van der Waals surface area contributed by atoms with E-state index >= 15 is 0 Å². The lowest BCUT2D eigenvalue weighted by molar-refractivity contribution is -0.129. The molecule has 1 N–H and O–H groups in total. The van der Waals surface area contributed by atoms with Gasteiger partial charge in [-0.1, -0.05) is 17.7 Å². The van der Waals surface area contributed by atoms with Crippen LogP contribution in [0.5, 0.6) is 17.2 Å². The lowest BCUT2D eigenvalue weighted by atomic mass is 10.2. The van der Waals surface area contributed by atoms with Crippen molar-refractivity contribution in [3.63, 3.8) is 0 Å². The summed E-state index contributed by atoms with van der Waals surface area (Å²) in [5, 5.41) is 3.07. The lowest BCUT2D eigenvalue weighted by Gasteiger charge is -2.16. The van der Waals surface area contributed by atoms with Gasteiger partial charge in [-0.3, -0.25) is 9.59 Å². The molecule has 2 rings (SSSR count). The topological polar surface area (TPSA) is 77.1 Å². The highest BCUT2D eigenvalue weighted by molar-refractivity contribution is 6.31. The molecule has 0 aromatic heterocycles. The van der Waals surface area contributed by atoms with Crippen molar-refractivity contribution in [3.05, 3.63) is 53.1 Å². The highest BCUT2D eigenvalue weighted by Gasteiger charge is 2.14. The molecule has 0 atom stereocenters. The van der Waals surface area contributed by atoms with E-state index < -0.39 is 18.4 Å². The Morgan fingerprint density at radius 2 is 1.88 bits per heavy atom. The number of rotatable bonds is 10. The summed E-state index contributed by atoms with van der Waals surface area (Å²) in [7, 11) is 2.93. The number of alkyl halides is 2. The van der Waals surface area contributed by atoms with E-state index in [0.29, 0.717) is 22.0 Å². The second-order valence-corrected chi connectivity index (χ2v) is 6.87. The van der Waals surface area contributed by atoms with Crippen molar-refractivity contribution in [2.75, 3.05) is 32.6 Å². The van der Waals surface area contributed by atoms with Gasteiger partial charge in [0.25, 0.3) is 0 Å². The van der Waals surface area contributed by atoms with E-state index in [-0.39, 0.29) is 24.7 Å². The summed E-state index contributed by atoms with van der Waals surface area (Å²) in [5.74, 6) is -0.423. The zero-order valence-corrected chi connectivity index (χ0v) is 18.5. The molecular weight excluding hydrogens is 446 g/mol. The molecule has 7 nitrogen and oxygen atoms in total. The zero-order chi connectivity index (χ0) is 23.7. The fourth-order valence-electron chi connectivity index (χ4n) is 2.65. The maximum Gasteiger partial charge on any atom is 0.387 e. The van der Waals surface area contributed by atoms with Crippen LogP contribution in [-0.4, -0.2) is 50.6 Å². The Kier molecular flexibility index (Phi) is 9.27. The predicted octanol–water partition coefficient (Wildman–Crippen LogP) is 4.46. The zero-order valence-electron chi connectivity index (χ0n) is 17.7. The van der Waals surface area contributed by atoms with Gasteiger partial charge in [0.2, 0.25) is 11.8 Å². The van der Waals surface area contributed by atoms with Crippen LogP contribution in [0, 0.1) is 0 Å². The highest BCUT2D eigenvalue weighted by atomic mass is 35.5. The third-order valence-corrected chi connectivity index (χ3v) is 4.33. The number of carbonyl (C=O) groups is 2. The summed E-state index contributed by atoms with van der Waals surface area (Å²) in [6.07, 6.45) is 2.73. The Bertz CT molecular complexity index is 985. The Balaban J connectivity index is 2.01. The van der Waals surface area contributed by atoms with Crippen LogP contribution >= 0.6 is 11.6 Å². The smallest absolute Gasteiger partial charge is 0.387 e. The molecule has 0 fully saturated rings. The number of likely N-dealkylation sites (N-methyl/N-ethyl adjacent to an activating group) is 1. The molecule has 2 aromatic rings. The number of hydrogen-bond donors (Lipinski definition) is 1. The third kappa shape index (κ3) is 7.42. The molecule has 10 heteroatoms.